The van der Waals surface area contributed by atoms with Crippen LogP contribution in [-0.2, 0) is 0 Å². The zero-order chi connectivity index (χ0) is 25.5. The largest absolute Gasteiger partial charge is 0.352 e. The van der Waals surface area contributed by atoms with Crippen molar-refractivity contribution >= 4 is 21.8 Å². The second-order valence-electron chi connectivity index (χ2n) is 9.29. The van der Waals surface area contributed by atoms with Crippen LogP contribution in [0.2, 0.25) is 0 Å². The summed E-state index contributed by atoms with van der Waals surface area (Å²) in [7, 11) is 3.88. The second kappa shape index (κ2) is 9.16. The SMILES string of the molecule is CN(C)CC(N)c1cc(F)cc(-c2cncc3[nH]c(-c4n[nH]c5cnc(-c6cncnc6)cc45)cc23)c1. The summed E-state index contributed by atoms with van der Waals surface area (Å²) in [6.07, 6.45) is 10.2. The van der Waals surface area contributed by atoms with Gasteiger partial charge in [0.15, 0.2) is 0 Å². The van der Waals surface area contributed by atoms with Gasteiger partial charge in [-0.1, -0.05) is 0 Å². The van der Waals surface area contributed by atoms with Gasteiger partial charge in [-0.3, -0.25) is 15.1 Å². The Morgan fingerprint density at radius 3 is 2.54 bits per heavy atom. The molecule has 0 fully saturated rings. The number of aromatic nitrogens is 7. The van der Waals surface area contributed by atoms with Gasteiger partial charge in [0.05, 0.1) is 34.8 Å². The van der Waals surface area contributed by atoms with E-state index in [9.17, 15) is 4.39 Å². The minimum Gasteiger partial charge on any atom is -0.352 e. The highest BCUT2D eigenvalue weighted by atomic mass is 19.1. The number of fused-ring (bicyclic) bond motifs is 2. The van der Waals surface area contributed by atoms with Crippen LogP contribution in [0.15, 0.2) is 67.6 Å². The van der Waals surface area contributed by atoms with Crippen molar-refractivity contribution in [1.82, 2.24) is 40.0 Å². The molecule has 0 aliphatic heterocycles. The summed E-state index contributed by atoms with van der Waals surface area (Å²) in [6, 6.07) is 8.60. The highest BCUT2D eigenvalue weighted by molar-refractivity contribution is 6.01. The fourth-order valence-electron chi connectivity index (χ4n) is 4.60. The van der Waals surface area contributed by atoms with Gasteiger partial charge in [0.2, 0.25) is 0 Å². The molecule has 0 saturated carbocycles. The number of pyridine rings is 2. The monoisotopic (exact) mass is 493 g/mol. The second-order valence-corrected chi connectivity index (χ2v) is 9.29. The lowest BCUT2D eigenvalue weighted by atomic mass is 9.98. The fourth-order valence-corrected chi connectivity index (χ4v) is 4.60. The van der Waals surface area contributed by atoms with Crippen LogP contribution in [0.4, 0.5) is 4.39 Å². The first-order valence-electron chi connectivity index (χ1n) is 11.7. The first kappa shape index (κ1) is 22.9. The number of nitrogens with zero attached hydrogens (tertiary/aromatic N) is 6. The van der Waals surface area contributed by atoms with Crippen LogP contribution in [-0.4, -0.2) is 60.7 Å². The van der Waals surface area contributed by atoms with Crippen molar-refractivity contribution in [3.05, 3.63) is 79.0 Å². The Bertz CT molecular complexity index is 1720. The molecule has 1 aromatic carbocycles. The summed E-state index contributed by atoms with van der Waals surface area (Å²) in [5, 5.41) is 9.41. The molecule has 10 heteroatoms. The maximum atomic E-state index is 14.7. The van der Waals surface area contributed by atoms with Gasteiger partial charge >= 0.3 is 0 Å². The molecule has 6 rings (SSSR count). The van der Waals surface area contributed by atoms with Crippen molar-refractivity contribution in [2.45, 2.75) is 6.04 Å². The van der Waals surface area contributed by atoms with Gasteiger partial charge in [0, 0.05) is 53.1 Å². The van der Waals surface area contributed by atoms with Gasteiger partial charge in [-0.05, 0) is 55.6 Å². The van der Waals surface area contributed by atoms with Crippen LogP contribution < -0.4 is 5.73 Å². The number of halogens is 1. The average molecular weight is 494 g/mol. The number of hydrogen-bond acceptors (Lipinski definition) is 7. The third-order valence-corrected chi connectivity index (χ3v) is 6.33. The quantitative estimate of drug-likeness (QED) is 0.315. The predicted molar refractivity (Wildman–Crippen MR) is 141 cm³/mol. The highest BCUT2D eigenvalue weighted by Crippen LogP contribution is 2.35. The Morgan fingerprint density at radius 2 is 1.73 bits per heavy atom. The molecule has 9 nitrogen and oxygen atoms in total. The van der Waals surface area contributed by atoms with Crippen LogP contribution >= 0.6 is 0 Å². The van der Waals surface area contributed by atoms with E-state index in [2.05, 4.69) is 35.1 Å². The molecule has 0 spiro atoms. The normalized spacial score (nSPS) is 12.6. The summed E-state index contributed by atoms with van der Waals surface area (Å²) in [5.74, 6) is -0.335. The highest BCUT2D eigenvalue weighted by Gasteiger charge is 2.17. The van der Waals surface area contributed by atoms with Gasteiger partial charge < -0.3 is 15.6 Å². The molecule has 5 heterocycles. The maximum absolute atomic E-state index is 14.7. The molecular formula is C27H24FN9. The summed E-state index contributed by atoms with van der Waals surface area (Å²) in [4.78, 5) is 22.5. The van der Waals surface area contributed by atoms with Gasteiger partial charge in [0.1, 0.15) is 17.8 Å². The lowest BCUT2D eigenvalue weighted by Gasteiger charge is -2.18. The van der Waals surface area contributed by atoms with Crippen LogP contribution in [0.1, 0.15) is 11.6 Å². The third-order valence-electron chi connectivity index (χ3n) is 6.33. The standard InChI is InChI=1S/C27H24FN9/c1-37(2)13-22(29)16-3-15(4-18(28)5-16)21-10-30-11-25-19(21)6-24(34-25)27-20-7-23(17-8-31-14-32-9-17)33-12-26(20)35-36-27/h3-12,14,22,34H,13,29H2,1-2H3,(H,35,36). The molecule has 37 heavy (non-hydrogen) atoms. The zero-order valence-corrected chi connectivity index (χ0v) is 20.3. The van der Waals surface area contributed by atoms with E-state index >= 15 is 0 Å². The number of rotatable bonds is 6. The number of H-pyrrole nitrogens is 2. The Kier molecular flexibility index (Phi) is 5.67. The first-order chi connectivity index (χ1) is 18.0. The zero-order valence-electron chi connectivity index (χ0n) is 20.3. The number of hydrogen-bond donors (Lipinski definition) is 3. The summed E-state index contributed by atoms with van der Waals surface area (Å²) >= 11 is 0. The summed E-state index contributed by atoms with van der Waals surface area (Å²) in [6.45, 7) is 0.609. The molecule has 0 aliphatic carbocycles. The van der Waals surface area contributed by atoms with Crippen molar-refractivity contribution in [2.24, 2.45) is 5.73 Å². The van der Waals surface area contributed by atoms with E-state index in [-0.39, 0.29) is 11.9 Å². The molecule has 1 unspecified atom stereocenters. The molecule has 0 saturated heterocycles. The topological polar surface area (TPSA) is 125 Å². The number of benzene rings is 1. The lowest BCUT2D eigenvalue weighted by Crippen LogP contribution is -2.26. The third kappa shape index (κ3) is 4.32. The minimum atomic E-state index is -0.335. The van der Waals surface area contributed by atoms with E-state index in [1.54, 1.807) is 31.0 Å². The van der Waals surface area contributed by atoms with Gasteiger partial charge in [0.25, 0.3) is 0 Å². The van der Waals surface area contributed by atoms with E-state index in [0.717, 1.165) is 61.1 Å². The Hall–Kier alpha value is -4.54. The van der Waals surface area contributed by atoms with Crippen molar-refractivity contribution in [3.8, 4) is 33.8 Å². The van der Waals surface area contributed by atoms with Crippen LogP contribution in [0, 0.1) is 5.82 Å². The Labute approximate surface area is 211 Å². The molecule has 1 atom stereocenters. The molecule has 5 aromatic heterocycles. The summed E-state index contributed by atoms with van der Waals surface area (Å²) in [5.41, 5.74) is 13.3. The molecule has 184 valence electrons. The number of nitrogens with two attached hydrogens (primary N) is 1. The van der Waals surface area contributed by atoms with Gasteiger partial charge in [-0.2, -0.15) is 5.10 Å². The van der Waals surface area contributed by atoms with Crippen LogP contribution in [0.5, 0.6) is 0 Å². The molecule has 0 amide bonds. The van der Waals surface area contributed by atoms with Gasteiger partial charge in [-0.25, -0.2) is 14.4 Å². The molecular weight excluding hydrogens is 469 g/mol. The predicted octanol–water partition coefficient (Wildman–Crippen LogP) is 4.33. The molecule has 6 aromatic rings. The number of nitrogens with one attached hydrogen (secondary N) is 2. The molecule has 0 bridgehead atoms. The first-order valence-corrected chi connectivity index (χ1v) is 11.7. The van der Waals surface area contributed by atoms with E-state index in [0.29, 0.717) is 6.54 Å². The number of likely N-dealkylation sites (N-methyl/N-ethyl adjacent to an activating group) is 1. The Morgan fingerprint density at radius 1 is 0.892 bits per heavy atom. The van der Waals surface area contributed by atoms with E-state index in [1.165, 1.54) is 18.5 Å². The van der Waals surface area contributed by atoms with E-state index < -0.39 is 0 Å². The summed E-state index contributed by atoms with van der Waals surface area (Å²) < 4.78 is 14.7. The molecule has 4 N–H and O–H groups in total. The lowest BCUT2D eigenvalue weighted by molar-refractivity contribution is 0.376. The fraction of sp³-hybridized carbons (Fsp3) is 0.148. The smallest absolute Gasteiger partial charge is 0.124 e. The van der Waals surface area contributed by atoms with E-state index in [4.69, 9.17) is 5.73 Å². The van der Waals surface area contributed by atoms with Crippen LogP contribution in [0.3, 0.4) is 0 Å². The van der Waals surface area contributed by atoms with E-state index in [1.807, 2.05) is 37.2 Å². The number of aromatic amines is 2. The van der Waals surface area contributed by atoms with Gasteiger partial charge in [-0.15, -0.1) is 0 Å². The van der Waals surface area contributed by atoms with Crippen molar-refractivity contribution in [2.75, 3.05) is 20.6 Å². The van der Waals surface area contributed by atoms with Crippen molar-refractivity contribution < 1.29 is 4.39 Å². The maximum Gasteiger partial charge on any atom is 0.124 e. The van der Waals surface area contributed by atoms with Crippen molar-refractivity contribution in [1.29, 1.82) is 0 Å². The molecule has 0 aliphatic rings. The van der Waals surface area contributed by atoms with Crippen molar-refractivity contribution in [3.63, 3.8) is 0 Å². The average Bonchev–Trinajstić information content (AvgIpc) is 3.52. The van der Waals surface area contributed by atoms with Crippen LogP contribution in [0.25, 0.3) is 55.6 Å². The Balaban J connectivity index is 1.45. The molecule has 0 radical (unpaired) electrons. The minimum absolute atomic E-state index is 0.313.